The number of benzene rings is 2. The molecule has 0 unspecified atom stereocenters. The molecule has 0 aromatic heterocycles. The number of hydrogen-bond acceptors (Lipinski definition) is 3. The van der Waals surface area contributed by atoms with E-state index < -0.39 is 0 Å². The molecule has 1 aliphatic heterocycles. The summed E-state index contributed by atoms with van der Waals surface area (Å²) in [5.74, 6) is 0. The zero-order valence-corrected chi connectivity index (χ0v) is 12.4. The van der Waals surface area contributed by atoms with E-state index in [0.717, 1.165) is 12.2 Å². The molecular formula is C18H19N3. The van der Waals surface area contributed by atoms with Gasteiger partial charge in [-0.15, -0.1) is 0 Å². The minimum atomic E-state index is 0.819. The minimum Gasteiger partial charge on any atom is -0.378 e. The highest BCUT2D eigenvalue weighted by Gasteiger charge is 2.12. The fourth-order valence-corrected chi connectivity index (χ4v) is 2.32. The summed E-state index contributed by atoms with van der Waals surface area (Å²) in [5, 5.41) is 6.48. The average Bonchev–Trinajstić information content (AvgIpc) is 2.97. The van der Waals surface area contributed by atoms with Gasteiger partial charge in [0.25, 0.3) is 0 Å². The molecule has 0 saturated heterocycles. The highest BCUT2D eigenvalue weighted by atomic mass is 15.5. The summed E-state index contributed by atoms with van der Waals surface area (Å²) < 4.78 is 0. The van der Waals surface area contributed by atoms with E-state index in [-0.39, 0.29) is 0 Å². The van der Waals surface area contributed by atoms with Crippen molar-refractivity contribution >= 4 is 23.7 Å². The molecular weight excluding hydrogens is 258 g/mol. The van der Waals surface area contributed by atoms with E-state index in [2.05, 4.69) is 66.6 Å². The van der Waals surface area contributed by atoms with Gasteiger partial charge in [-0.1, -0.05) is 30.3 Å². The molecule has 106 valence electrons. The molecule has 0 saturated carbocycles. The van der Waals surface area contributed by atoms with E-state index in [1.54, 1.807) is 0 Å². The third-order valence-corrected chi connectivity index (χ3v) is 3.51. The molecule has 1 heterocycles. The summed E-state index contributed by atoms with van der Waals surface area (Å²) in [5.41, 5.74) is 4.76. The quantitative estimate of drug-likeness (QED) is 0.853. The number of hydrazone groups is 1. The first-order valence-corrected chi connectivity index (χ1v) is 7.07. The van der Waals surface area contributed by atoms with Crippen LogP contribution in [0.1, 0.15) is 5.56 Å². The molecule has 2 aromatic carbocycles. The Bertz CT molecular complexity index is 655. The van der Waals surface area contributed by atoms with Gasteiger partial charge in [0.05, 0.1) is 18.4 Å². The Morgan fingerprint density at radius 1 is 1.00 bits per heavy atom. The van der Waals surface area contributed by atoms with Gasteiger partial charge in [0.1, 0.15) is 0 Å². The fraction of sp³-hybridized carbons (Fsp3) is 0.167. The van der Waals surface area contributed by atoms with Crippen molar-refractivity contribution in [3.05, 3.63) is 65.7 Å². The number of para-hydroxylation sites is 1. The molecule has 3 heteroatoms. The van der Waals surface area contributed by atoms with Crippen LogP contribution in [0, 0.1) is 0 Å². The van der Waals surface area contributed by atoms with Crippen LogP contribution < -0.4 is 9.91 Å². The fourth-order valence-electron chi connectivity index (χ4n) is 2.32. The lowest BCUT2D eigenvalue weighted by molar-refractivity contribution is 0.974. The van der Waals surface area contributed by atoms with Crippen LogP contribution in [0.25, 0.3) is 6.08 Å². The smallest absolute Gasteiger partial charge is 0.0682 e. The third-order valence-electron chi connectivity index (χ3n) is 3.51. The Hall–Kier alpha value is -2.55. The van der Waals surface area contributed by atoms with Gasteiger partial charge in [-0.3, -0.25) is 5.01 Å². The van der Waals surface area contributed by atoms with Crippen LogP contribution in [0.15, 0.2) is 65.3 Å². The first-order chi connectivity index (χ1) is 10.2. The lowest BCUT2D eigenvalue weighted by atomic mass is 10.1. The van der Waals surface area contributed by atoms with Crippen molar-refractivity contribution in [2.24, 2.45) is 5.10 Å². The third kappa shape index (κ3) is 3.14. The average molecular weight is 277 g/mol. The highest BCUT2D eigenvalue weighted by molar-refractivity contribution is 5.90. The maximum atomic E-state index is 4.46. The molecule has 0 radical (unpaired) electrons. The van der Waals surface area contributed by atoms with Crippen molar-refractivity contribution in [1.29, 1.82) is 0 Å². The molecule has 1 aliphatic rings. The summed E-state index contributed by atoms with van der Waals surface area (Å²) in [6.07, 6.45) is 4.12. The van der Waals surface area contributed by atoms with E-state index in [1.807, 2.05) is 29.4 Å². The molecule has 0 aliphatic carbocycles. The lowest BCUT2D eigenvalue weighted by Gasteiger charge is -2.13. The van der Waals surface area contributed by atoms with Crippen molar-refractivity contribution in [2.75, 3.05) is 30.5 Å². The molecule has 0 atom stereocenters. The number of rotatable bonds is 3. The zero-order chi connectivity index (χ0) is 14.7. The van der Waals surface area contributed by atoms with Crippen molar-refractivity contribution in [1.82, 2.24) is 0 Å². The highest BCUT2D eigenvalue weighted by Crippen LogP contribution is 2.21. The molecule has 0 N–H and O–H groups in total. The van der Waals surface area contributed by atoms with Gasteiger partial charge in [-0.25, -0.2) is 0 Å². The van der Waals surface area contributed by atoms with Gasteiger partial charge in [0.2, 0.25) is 0 Å². The summed E-state index contributed by atoms with van der Waals surface area (Å²) in [6.45, 7) is 0.819. The Kier molecular flexibility index (Phi) is 3.73. The normalized spacial score (nSPS) is 15.7. The predicted octanol–water partition coefficient (Wildman–Crippen LogP) is 3.64. The van der Waals surface area contributed by atoms with Gasteiger partial charge in [0, 0.05) is 19.8 Å². The van der Waals surface area contributed by atoms with Crippen LogP contribution in [-0.4, -0.2) is 26.9 Å². The number of hydrogen-bond donors (Lipinski definition) is 0. The van der Waals surface area contributed by atoms with Crippen LogP contribution in [0.5, 0.6) is 0 Å². The second kappa shape index (κ2) is 5.83. The molecule has 0 amide bonds. The van der Waals surface area contributed by atoms with Crippen LogP contribution >= 0.6 is 0 Å². The standard InChI is InChI=1S/C18H19N3/c1-20(2)17-10-8-15(9-11-17)12-16-13-19-21(14-16)18-6-4-3-5-7-18/h3-13H,14H2,1-2H3. The van der Waals surface area contributed by atoms with Crippen molar-refractivity contribution < 1.29 is 0 Å². The molecule has 0 bridgehead atoms. The lowest BCUT2D eigenvalue weighted by Crippen LogP contribution is -2.12. The van der Waals surface area contributed by atoms with Crippen molar-refractivity contribution in [3.8, 4) is 0 Å². The van der Waals surface area contributed by atoms with Crippen molar-refractivity contribution in [3.63, 3.8) is 0 Å². The van der Waals surface area contributed by atoms with Crippen molar-refractivity contribution in [2.45, 2.75) is 0 Å². The predicted molar refractivity (Wildman–Crippen MR) is 91.0 cm³/mol. The molecule has 0 fully saturated rings. The molecule has 2 aromatic rings. The van der Waals surface area contributed by atoms with Crippen LogP contribution in [0.2, 0.25) is 0 Å². The van der Waals surface area contributed by atoms with Crippen LogP contribution in [0.4, 0.5) is 11.4 Å². The topological polar surface area (TPSA) is 18.8 Å². The molecule has 3 nitrogen and oxygen atoms in total. The molecule has 21 heavy (non-hydrogen) atoms. The Balaban J connectivity index is 1.73. The van der Waals surface area contributed by atoms with E-state index in [9.17, 15) is 0 Å². The Morgan fingerprint density at radius 2 is 1.71 bits per heavy atom. The summed E-state index contributed by atoms with van der Waals surface area (Å²) in [7, 11) is 4.10. The monoisotopic (exact) mass is 277 g/mol. The maximum Gasteiger partial charge on any atom is 0.0682 e. The van der Waals surface area contributed by atoms with Gasteiger partial charge in [-0.05, 0) is 41.5 Å². The molecule has 3 rings (SSSR count). The van der Waals surface area contributed by atoms with E-state index in [4.69, 9.17) is 0 Å². The molecule has 0 spiro atoms. The SMILES string of the molecule is CN(C)c1ccc(C=C2C=NN(c3ccccc3)C2)cc1. The van der Waals surface area contributed by atoms with Crippen LogP contribution in [-0.2, 0) is 0 Å². The summed E-state index contributed by atoms with van der Waals surface area (Å²) in [6, 6.07) is 18.8. The Morgan fingerprint density at radius 3 is 2.38 bits per heavy atom. The first kappa shape index (κ1) is 13.4. The van der Waals surface area contributed by atoms with Gasteiger partial charge in [0.15, 0.2) is 0 Å². The van der Waals surface area contributed by atoms with E-state index >= 15 is 0 Å². The zero-order valence-electron chi connectivity index (χ0n) is 12.4. The van der Waals surface area contributed by atoms with E-state index in [0.29, 0.717) is 0 Å². The minimum absolute atomic E-state index is 0.819. The van der Waals surface area contributed by atoms with E-state index in [1.165, 1.54) is 16.8 Å². The second-order valence-electron chi connectivity index (χ2n) is 5.34. The second-order valence-corrected chi connectivity index (χ2v) is 5.34. The summed E-state index contributed by atoms with van der Waals surface area (Å²) >= 11 is 0. The Labute approximate surface area is 125 Å². The number of nitrogens with zero attached hydrogens (tertiary/aromatic N) is 3. The van der Waals surface area contributed by atoms with Gasteiger partial charge >= 0.3 is 0 Å². The largest absolute Gasteiger partial charge is 0.378 e. The van der Waals surface area contributed by atoms with Crippen LogP contribution in [0.3, 0.4) is 0 Å². The number of anilines is 2. The van der Waals surface area contributed by atoms with Gasteiger partial charge < -0.3 is 4.90 Å². The van der Waals surface area contributed by atoms with Gasteiger partial charge in [-0.2, -0.15) is 5.10 Å². The maximum absolute atomic E-state index is 4.46. The summed E-state index contributed by atoms with van der Waals surface area (Å²) in [4.78, 5) is 2.10. The first-order valence-electron chi connectivity index (χ1n) is 7.07.